The molecule has 92 valence electrons. The Morgan fingerprint density at radius 1 is 1.35 bits per heavy atom. The summed E-state index contributed by atoms with van der Waals surface area (Å²) >= 11 is 0. The van der Waals surface area contributed by atoms with Crippen LogP contribution in [-0.2, 0) is 6.54 Å². The summed E-state index contributed by atoms with van der Waals surface area (Å²) in [6.07, 6.45) is 5.57. The first-order chi connectivity index (χ1) is 8.25. The molecule has 0 saturated carbocycles. The van der Waals surface area contributed by atoms with E-state index in [0.29, 0.717) is 6.04 Å². The third-order valence-corrected chi connectivity index (χ3v) is 2.87. The third kappa shape index (κ3) is 3.56. The quantitative estimate of drug-likeness (QED) is 0.806. The SMILES string of the molecule is CC(C)NCc1cccc(N2CC=CCC2)n1. The van der Waals surface area contributed by atoms with Gasteiger partial charge in [-0.2, -0.15) is 0 Å². The number of nitrogens with one attached hydrogen (secondary N) is 1. The van der Waals surface area contributed by atoms with Crippen LogP contribution in [0.25, 0.3) is 0 Å². The van der Waals surface area contributed by atoms with Crippen molar-refractivity contribution >= 4 is 5.82 Å². The van der Waals surface area contributed by atoms with Crippen LogP contribution in [0, 0.1) is 0 Å². The van der Waals surface area contributed by atoms with Gasteiger partial charge in [-0.25, -0.2) is 4.98 Å². The highest BCUT2D eigenvalue weighted by Crippen LogP contribution is 2.14. The average molecular weight is 231 g/mol. The Hall–Kier alpha value is -1.35. The number of pyridine rings is 1. The molecule has 1 aliphatic heterocycles. The Kier molecular flexibility index (Phi) is 4.15. The lowest BCUT2D eigenvalue weighted by Gasteiger charge is -2.24. The molecule has 1 N–H and O–H groups in total. The molecule has 0 aliphatic carbocycles. The van der Waals surface area contributed by atoms with Crippen molar-refractivity contribution < 1.29 is 0 Å². The Labute approximate surface area is 104 Å². The Balaban J connectivity index is 2.03. The molecule has 0 bridgehead atoms. The van der Waals surface area contributed by atoms with Gasteiger partial charge in [-0.3, -0.25) is 0 Å². The predicted octanol–water partition coefficient (Wildman–Crippen LogP) is 2.35. The van der Waals surface area contributed by atoms with E-state index in [2.05, 4.69) is 54.4 Å². The molecule has 0 spiro atoms. The van der Waals surface area contributed by atoms with E-state index in [1.807, 2.05) is 0 Å². The number of nitrogens with zero attached hydrogens (tertiary/aromatic N) is 2. The maximum absolute atomic E-state index is 4.70. The van der Waals surface area contributed by atoms with Crippen molar-refractivity contribution in [2.24, 2.45) is 0 Å². The standard InChI is InChI=1S/C14H21N3/c1-12(2)15-11-13-7-6-8-14(16-13)17-9-4-3-5-10-17/h3-4,6-8,12,15H,5,9-11H2,1-2H3. The summed E-state index contributed by atoms with van der Waals surface area (Å²) in [5, 5.41) is 3.40. The first-order valence-corrected chi connectivity index (χ1v) is 6.35. The van der Waals surface area contributed by atoms with Crippen molar-refractivity contribution in [1.82, 2.24) is 10.3 Å². The highest BCUT2D eigenvalue weighted by molar-refractivity contribution is 5.41. The second-order valence-corrected chi connectivity index (χ2v) is 4.73. The van der Waals surface area contributed by atoms with Crippen LogP contribution < -0.4 is 10.2 Å². The monoisotopic (exact) mass is 231 g/mol. The van der Waals surface area contributed by atoms with Crippen molar-refractivity contribution in [3.63, 3.8) is 0 Å². The average Bonchev–Trinajstić information content (AvgIpc) is 2.38. The molecular formula is C14H21N3. The lowest BCUT2D eigenvalue weighted by molar-refractivity contribution is 0.581. The molecule has 17 heavy (non-hydrogen) atoms. The van der Waals surface area contributed by atoms with Gasteiger partial charge < -0.3 is 10.2 Å². The summed E-state index contributed by atoms with van der Waals surface area (Å²) in [6.45, 7) is 7.20. The summed E-state index contributed by atoms with van der Waals surface area (Å²) in [5.74, 6) is 1.09. The Morgan fingerprint density at radius 2 is 2.24 bits per heavy atom. The van der Waals surface area contributed by atoms with Crippen molar-refractivity contribution in [3.8, 4) is 0 Å². The van der Waals surface area contributed by atoms with Gasteiger partial charge in [-0.05, 0) is 18.6 Å². The molecule has 0 radical (unpaired) electrons. The van der Waals surface area contributed by atoms with E-state index < -0.39 is 0 Å². The maximum Gasteiger partial charge on any atom is 0.129 e. The molecule has 0 fully saturated rings. The van der Waals surface area contributed by atoms with Gasteiger partial charge in [-0.15, -0.1) is 0 Å². The Bertz CT molecular complexity index is 385. The largest absolute Gasteiger partial charge is 0.353 e. The smallest absolute Gasteiger partial charge is 0.129 e. The van der Waals surface area contributed by atoms with E-state index in [-0.39, 0.29) is 0 Å². The second-order valence-electron chi connectivity index (χ2n) is 4.73. The van der Waals surface area contributed by atoms with Crippen molar-refractivity contribution in [2.75, 3.05) is 18.0 Å². The lowest BCUT2D eigenvalue weighted by Crippen LogP contribution is -2.28. The predicted molar refractivity (Wildman–Crippen MR) is 72.2 cm³/mol. The zero-order chi connectivity index (χ0) is 12.1. The van der Waals surface area contributed by atoms with Crippen LogP contribution in [0.2, 0.25) is 0 Å². The van der Waals surface area contributed by atoms with Crippen LogP contribution in [0.1, 0.15) is 26.0 Å². The fourth-order valence-corrected chi connectivity index (χ4v) is 1.90. The molecule has 1 aromatic heterocycles. The zero-order valence-corrected chi connectivity index (χ0v) is 10.7. The molecule has 0 unspecified atom stereocenters. The molecule has 1 aliphatic rings. The topological polar surface area (TPSA) is 28.2 Å². The van der Waals surface area contributed by atoms with E-state index in [1.165, 1.54) is 0 Å². The first-order valence-electron chi connectivity index (χ1n) is 6.35. The number of anilines is 1. The minimum absolute atomic E-state index is 0.498. The fourth-order valence-electron chi connectivity index (χ4n) is 1.90. The van der Waals surface area contributed by atoms with Crippen molar-refractivity contribution in [3.05, 3.63) is 36.0 Å². The molecule has 0 amide bonds. The molecule has 3 nitrogen and oxygen atoms in total. The molecule has 0 atom stereocenters. The van der Waals surface area contributed by atoms with Gasteiger partial charge >= 0.3 is 0 Å². The van der Waals surface area contributed by atoms with Gasteiger partial charge in [0.2, 0.25) is 0 Å². The molecule has 2 rings (SSSR count). The minimum Gasteiger partial charge on any atom is -0.353 e. The lowest BCUT2D eigenvalue weighted by atomic mass is 10.2. The van der Waals surface area contributed by atoms with Gasteiger partial charge in [0.25, 0.3) is 0 Å². The first kappa shape index (κ1) is 12.1. The van der Waals surface area contributed by atoms with Crippen LogP contribution in [-0.4, -0.2) is 24.1 Å². The highest BCUT2D eigenvalue weighted by Gasteiger charge is 2.08. The number of rotatable bonds is 4. The Morgan fingerprint density at radius 3 is 2.94 bits per heavy atom. The number of hydrogen-bond donors (Lipinski definition) is 1. The zero-order valence-electron chi connectivity index (χ0n) is 10.7. The number of aromatic nitrogens is 1. The van der Waals surface area contributed by atoms with Crippen LogP contribution in [0.3, 0.4) is 0 Å². The van der Waals surface area contributed by atoms with Crippen LogP contribution in [0.15, 0.2) is 30.4 Å². The van der Waals surface area contributed by atoms with E-state index in [9.17, 15) is 0 Å². The van der Waals surface area contributed by atoms with Gasteiger partial charge in [0.05, 0.1) is 5.69 Å². The molecular weight excluding hydrogens is 210 g/mol. The summed E-state index contributed by atoms with van der Waals surface area (Å²) in [6, 6.07) is 6.77. The van der Waals surface area contributed by atoms with Gasteiger partial charge in [0.15, 0.2) is 0 Å². The molecule has 3 heteroatoms. The van der Waals surface area contributed by atoms with Crippen LogP contribution in [0.4, 0.5) is 5.82 Å². The third-order valence-electron chi connectivity index (χ3n) is 2.87. The molecule has 0 aromatic carbocycles. The van der Waals surface area contributed by atoms with E-state index in [0.717, 1.165) is 37.6 Å². The fraction of sp³-hybridized carbons (Fsp3) is 0.500. The van der Waals surface area contributed by atoms with Gasteiger partial charge in [0, 0.05) is 25.7 Å². The van der Waals surface area contributed by atoms with Crippen LogP contribution in [0.5, 0.6) is 0 Å². The normalized spacial score (nSPS) is 15.6. The highest BCUT2D eigenvalue weighted by atomic mass is 15.2. The molecule has 0 saturated heterocycles. The summed E-state index contributed by atoms with van der Waals surface area (Å²) in [7, 11) is 0. The molecule has 1 aromatic rings. The summed E-state index contributed by atoms with van der Waals surface area (Å²) in [4.78, 5) is 7.02. The van der Waals surface area contributed by atoms with Gasteiger partial charge in [0.1, 0.15) is 5.82 Å². The molecule has 2 heterocycles. The van der Waals surface area contributed by atoms with E-state index in [4.69, 9.17) is 4.98 Å². The van der Waals surface area contributed by atoms with Crippen molar-refractivity contribution in [1.29, 1.82) is 0 Å². The number of hydrogen-bond acceptors (Lipinski definition) is 3. The van der Waals surface area contributed by atoms with Gasteiger partial charge in [-0.1, -0.05) is 32.1 Å². The van der Waals surface area contributed by atoms with E-state index in [1.54, 1.807) is 0 Å². The summed E-state index contributed by atoms with van der Waals surface area (Å²) < 4.78 is 0. The van der Waals surface area contributed by atoms with Crippen molar-refractivity contribution in [2.45, 2.75) is 32.9 Å². The van der Waals surface area contributed by atoms with Crippen LogP contribution >= 0.6 is 0 Å². The maximum atomic E-state index is 4.70. The summed E-state index contributed by atoms with van der Waals surface area (Å²) in [5.41, 5.74) is 1.12. The second kappa shape index (κ2) is 5.82. The minimum atomic E-state index is 0.498. The van der Waals surface area contributed by atoms with E-state index >= 15 is 0 Å².